The fourth-order valence-corrected chi connectivity index (χ4v) is 1.82. The van der Waals surface area contributed by atoms with Gasteiger partial charge in [-0.2, -0.15) is 0 Å². The summed E-state index contributed by atoms with van der Waals surface area (Å²) in [6.45, 7) is 4.15. The zero-order chi connectivity index (χ0) is 10.1. The van der Waals surface area contributed by atoms with Gasteiger partial charge >= 0.3 is 0 Å². The highest BCUT2D eigenvalue weighted by atomic mass is 14.7. The molecule has 3 N–H and O–H groups in total. The molecule has 2 aromatic rings. The van der Waals surface area contributed by atoms with Crippen molar-refractivity contribution in [2.24, 2.45) is 5.73 Å². The second-order valence-corrected chi connectivity index (χ2v) is 4.02. The number of nitrogens with one attached hydrogen (secondary N) is 1. The Hall–Kier alpha value is -1.28. The number of aryl methyl sites for hydroxylation is 1. The Morgan fingerprint density at radius 3 is 2.86 bits per heavy atom. The SMILES string of the molecule is Cc1cccc2cc(CC(C)N)[nH]c12. The van der Waals surface area contributed by atoms with E-state index in [1.54, 1.807) is 0 Å². The van der Waals surface area contributed by atoms with Gasteiger partial charge in [-0.3, -0.25) is 0 Å². The van der Waals surface area contributed by atoms with Crippen molar-refractivity contribution in [2.75, 3.05) is 0 Å². The van der Waals surface area contributed by atoms with Gasteiger partial charge in [-0.05, 0) is 30.9 Å². The molecule has 2 heteroatoms. The molecule has 2 nitrogen and oxygen atoms in total. The molecule has 0 bridgehead atoms. The Morgan fingerprint density at radius 1 is 1.43 bits per heavy atom. The molecule has 0 aliphatic rings. The maximum Gasteiger partial charge on any atom is 0.0485 e. The molecule has 0 aliphatic carbocycles. The Bertz CT molecular complexity index is 441. The molecule has 0 radical (unpaired) electrons. The lowest BCUT2D eigenvalue weighted by atomic mass is 10.1. The molecular weight excluding hydrogens is 172 g/mol. The van der Waals surface area contributed by atoms with Gasteiger partial charge in [0, 0.05) is 23.7 Å². The molecule has 1 aromatic heterocycles. The summed E-state index contributed by atoms with van der Waals surface area (Å²) in [5.74, 6) is 0. The molecule has 14 heavy (non-hydrogen) atoms. The van der Waals surface area contributed by atoms with Gasteiger partial charge in [-0.1, -0.05) is 18.2 Å². The summed E-state index contributed by atoms with van der Waals surface area (Å²) in [6, 6.07) is 8.73. The van der Waals surface area contributed by atoms with Crippen LogP contribution in [0.2, 0.25) is 0 Å². The van der Waals surface area contributed by atoms with Crippen LogP contribution < -0.4 is 5.73 Å². The van der Waals surface area contributed by atoms with Crippen LogP contribution in [-0.4, -0.2) is 11.0 Å². The summed E-state index contributed by atoms with van der Waals surface area (Å²) >= 11 is 0. The highest BCUT2D eigenvalue weighted by Gasteiger charge is 2.04. The molecule has 1 aromatic carbocycles. The highest BCUT2D eigenvalue weighted by molar-refractivity contribution is 5.83. The number of aromatic nitrogens is 1. The summed E-state index contributed by atoms with van der Waals surface area (Å²) in [6.07, 6.45) is 0.911. The number of fused-ring (bicyclic) bond motifs is 1. The zero-order valence-corrected chi connectivity index (χ0v) is 8.67. The van der Waals surface area contributed by atoms with Crippen molar-refractivity contribution in [3.8, 4) is 0 Å². The van der Waals surface area contributed by atoms with E-state index in [9.17, 15) is 0 Å². The number of nitrogens with two attached hydrogens (primary N) is 1. The van der Waals surface area contributed by atoms with E-state index in [0.717, 1.165) is 6.42 Å². The van der Waals surface area contributed by atoms with Crippen molar-refractivity contribution in [3.05, 3.63) is 35.5 Å². The van der Waals surface area contributed by atoms with Crippen LogP contribution in [0.15, 0.2) is 24.3 Å². The minimum Gasteiger partial charge on any atom is -0.358 e. The van der Waals surface area contributed by atoms with Crippen LogP contribution in [-0.2, 0) is 6.42 Å². The molecule has 1 heterocycles. The lowest BCUT2D eigenvalue weighted by Gasteiger charge is -2.00. The first-order valence-corrected chi connectivity index (χ1v) is 4.99. The minimum atomic E-state index is 0.211. The lowest BCUT2D eigenvalue weighted by Crippen LogP contribution is -2.17. The number of benzene rings is 1. The van der Waals surface area contributed by atoms with Crippen molar-refractivity contribution in [2.45, 2.75) is 26.3 Å². The van der Waals surface area contributed by atoms with Gasteiger partial charge < -0.3 is 10.7 Å². The topological polar surface area (TPSA) is 41.8 Å². The Morgan fingerprint density at radius 2 is 2.21 bits per heavy atom. The number of hydrogen-bond acceptors (Lipinski definition) is 1. The third kappa shape index (κ3) is 1.66. The molecule has 0 amide bonds. The molecule has 1 unspecified atom stereocenters. The van der Waals surface area contributed by atoms with Gasteiger partial charge in [0.05, 0.1) is 0 Å². The normalized spacial score (nSPS) is 13.4. The molecule has 0 saturated heterocycles. The lowest BCUT2D eigenvalue weighted by molar-refractivity contribution is 0.727. The number of hydrogen-bond donors (Lipinski definition) is 2. The molecule has 2 rings (SSSR count). The van der Waals surface area contributed by atoms with Crippen molar-refractivity contribution < 1.29 is 0 Å². The van der Waals surface area contributed by atoms with Crippen LogP contribution in [0, 0.1) is 6.92 Å². The summed E-state index contributed by atoms with van der Waals surface area (Å²) in [5, 5.41) is 1.28. The highest BCUT2D eigenvalue weighted by Crippen LogP contribution is 2.19. The van der Waals surface area contributed by atoms with Crippen molar-refractivity contribution in [1.29, 1.82) is 0 Å². The average molecular weight is 188 g/mol. The van der Waals surface area contributed by atoms with Crippen LogP contribution in [0.5, 0.6) is 0 Å². The number of aromatic amines is 1. The monoisotopic (exact) mass is 188 g/mol. The summed E-state index contributed by atoms with van der Waals surface area (Å²) in [5.41, 5.74) is 9.52. The first-order valence-electron chi connectivity index (χ1n) is 4.99. The molecule has 0 fully saturated rings. The van der Waals surface area contributed by atoms with Gasteiger partial charge in [0.25, 0.3) is 0 Å². The molecule has 74 valence electrons. The second kappa shape index (κ2) is 3.46. The van der Waals surface area contributed by atoms with Crippen molar-refractivity contribution in [1.82, 2.24) is 4.98 Å². The van der Waals surface area contributed by atoms with E-state index in [-0.39, 0.29) is 6.04 Å². The maximum atomic E-state index is 5.76. The summed E-state index contributed by atoms with van der Waals surface area (Å²) in [7, 11) is 0. The number of para-hydroxylation sites is 1. The van der Waals surface area contributed by atoms with Crippen LogP contribution in [0.1, 0.15) is 18.2 Å². The third-order valence-corrected chi connectivity index (χ3v) is 2.46. The predicted molar refractivity (Wildman–Crippen MR) is 60.4 cm³/mol. The quantitative estimate of drug-likeness (QED) is 0.746. The van der Waals surface area contributed by atoms with Gasteiger partial charge in [-0.25, -0.2) is 0 Å². The van der Waals surface area contributed by atoms with Crippen LogP contribution in [0.25, 0.3) is 10.9 Å². The number of rotatable bonds is 2. The second-order valence-electron chi connectivity index (χ2n) is 4.02. The predicted octanol–water partition coefficient (Wildman–Crippen LogP) is 2.37. The summed E-state index contributed by atoms with van der Waals surface area (Å²) in [4.78, 5) is 3.42. The van der Waals surface area contributed by atoms with E-state index in [0.29, 0.717) is 0 Å². The van der Waals surface area contributed by atoms with E-state index >= 15 is 0 Å². The molecule has 0 spiro atoms. The van der Waals surface area contributed by atoms with E-state index < -0.39 is 0 Å². The van der Waals surface area contributed by atoms with Gasteiger partial charge in [0.15, 0.2) is 0 Å². The molecule has 0 aliphatic heterocycles. The van der Waals surface area contributed by atoms with E-state index in [1.165, 1.54) is 22.2 Å². The van der Waals surface area contributed by atoms with Crippen LogP contribution >= 0.6 is 0 Å². The third-order valence-electron chi connectivity index (χ3n) is 2.46. The van der Waals surface area contributed by atoms with Crippen molar-refractivity contribution in [3.63, 3.8) is 0 Å². The van der Waals surface area contributed by atoms with E-state index in [1.807, 2.05) is 6.92 Å². The van der Waals surface area contributed by atoms with Crippen molar-refractivity contribution >= 4 is 10.9 Å². The largest absolute Gasteiger partial charge is 0.358 e. The van der Waals surface area contributed by atoms with Gasteiger partial charge in [0.1, 0.15) is 0 Å². The Labute approximate surface area is 84.1 Å². The van der Waals surface area contributed by atoms with Crippen LogP contribution in [0.4, 0.5) is 0 Å². The smallest absolute Gasteiger partial charge is 0.0485 e. The summed E-state index contributed by atoms with van der Waals surface area (Å²) < 4.78 is 0. The zero-order valence-electron chi connectivity index (χ0n) is 8.67. The standard InChI is InChI=1S/C12H16N2/c1-8-4-3-5-10-7-11(6-9(2)13)14-12(8)10/h3-5,7,9,14H,6,13H2,1-2H3. The Kier molecular flexibility index (Phi) is 2.30. The first-order chi connectivity index (χ1) is 6.66. The molecular formula is C12H16N2. The first kappa shape index (κ1) is 9.28. The fourth-order valence-electron chi connectivity index (χ4n) is 1.82. The minimum absolute atomic E-state index is 0.211. The number of H-pyrrole nitrogens is 1. The van der Waals surface area contributed by atoms with Crippen LogP contribution in [0.3, 0.4) is 0 Å². The average Bonchev–Trinajstić information content (AvgIpc) is 2.47. The molecule has 1 atom stereocenters. The fraction of sp³-hybridized carbons (Fsp3) is 0.333. The van der Waals surface area contributed by atoms with E-state index in [2.05, 4.69) is 36.2 Å². The molecule has 0 saturated carbocycles. The van der Waals surface area contributed by atoms with Gasteiger partial charge in [0.2, 0.25) is 0 Å². The Balaban J connectivity index is 2.46. The van der Waals surface area contributed by atoms with E-state index in [4.69, 9.17) is 5.73 Å². The van der Waals surface area contributed by atoms with Gasteiger partial charge in [-0.15, -0.1) is 0 Å². The maximum absolute atomic E-state index is 5.76.